The normalized spacial score (nSPS) is 29.8. The van der Waals surface area contributed by atoms with E-state index in [0.717, 1.165) is 12.0 Å². The van der Waals surface area contributed by atoms with E-state index in [2.05, 4.69) is 6.58 Å². The topological polar surface area (TPSA) is 46.5 Å². The zero-order valence-corrected chi connectivity index (χ0v) is 7.25. The first-order valence-corrected chi connectivity index (χ1v) is 4.12. The fourth-order valence-corrected chi connectivity index (χ4v) is 1.52. The van der Waals surface area contributed by atoms with Crippen molar-refractivity contribution in [3.63, 3.8) is 0 Å². The van der Waals surface area contributed by atoms with E-state index < -0.39 is 11.9 Å². The molecular weight excluding hydrogens is 156 g/mol. The molecule has 0 aromatic carbocycles. The van der Waals surface area contributed by atoms with Crippen molar-refractivity contribution in [2.24, 2.45) is 5.92 Å². The molecule has 3 heteroatoms. The van der Waals surface area contributed by atoms with Crippen molar-refractivity contribution in [2.75, 3.05) is 6.61 Å². The maximum Gasteiger partial charge on any atom is 0.309 e. The van der Waals surface area contributed by atoms with Crippen LogP contribution < -0.4 is 0 Å². The van der Waals surface area contributed by atoms with E-state index >= 15 is 0 Å². The number of hydrogen-bond donors (Lipinski definition) is 1. The highest BCUT2D eigenvalue weighted by molar-refractivity contribution is 5.71. The molecule has 1 N–H and O–H groups in total. The molecular formula is C9H14O3. The predicted octanol–water partition coefficient (Wildman–Crippen LogP) is 1.44. The van der Waals surface area contributed by atoms with Crippen LogP contribution in [-0.2, 0) is 9.53 Å². The van der Waals surface area contributed by atoms with Crippen LogP contribution in [0.15, 0.2) is 12.2 Å². The summed E-state index contributed by atoms with van der Waals surface area (Å²) >= 11 is 0. The molecule has 0 saturated carbocycles. The third-order valence-corrected chi connectivity index (χ3v) is 2.13. The molecule has 3 nitrogen and oxygen atoms in total. The van der Waals surface area contributed by atoms with Gasteiger partial charge in [0.25, 0.3) is 0 Å². The Labute approximate surface area is 72.0 Å². The van der Waals surface area contributed by atoms with Gasteiger partial charge in [-0.15, -0.1) is 0 Å². The van der Waals surface area contributed by atoms with Gasteiger partial charge in [0, 0.05) is 6.61 Å². The molecule has 0 aliphatic carbocycles. The summed E-state index contributed by atoms with van der Waals surface area (Å²) in [4.78, 5) is 10.7. The summed E-state index contributed by atoms with van der Waals surface area (Å²) in [5.41, 5.74) is 0.808. The lowest BCUT2D eigenvalue weighted by Crippen LogP contribution is -2.35. The third kappa shape index (κ3) is 1.85. The Kier molecular flexibility index (Phi) is 2.87. The summed E-state index contributed by atoms with van der Waals surface area (Å²) < 4.78 is 5.33. The van der Waals surface area contributed by atoms with Gasteiger partial charge in [-0.05, 0) is 19.8 Å². The van der Waals surface area contributed by atoms with Crippen LogP contribution in [0, 0.1) is 5.92 Å². The molecule has 1 fully saturated rings. The standard InChI is InChI=1S/C9H14O3/c1-6(2)8-7(9(10)11)4-3-5-12-8/h7-8H,1,3-5H2,2H3,(H,10,11)/t7-,8-/m0/s1. The van der Waals surface area contributed by atoms with Gasteiger partial charge in [-0.2, -0.15) is 0 Å². The average molecular weight is 170 g/mol. The summed E-state index contributed by atoms with van der Waals surface area (Å²) in [6.45, 7) is 6.19. The summed E-state index contributed by atoms with van der Waals surface area (Å²) in [6.07, 6.45) is 1.25. The number of ether oxygens (including phenoxy) is 1. The van der Waals surface area contributed by atoms with Gasteiger partial charge in [0.15, 0.2) is 0 Å². The lowest BCUT2D eigenvalue weighted by atomic mass is 9.91. The molecule has 0 spiro atoms. The molecule has 0 radical (unpaired) electrons. The SMILES string of the molecule is C=C(C)[C@@H]1OCCC[C@@H]1C(=O)O. The molecule has 12 heavy (non-hydrogen) atoms. The minimum atomic E-state index is -0.775. The Bertz CT molecular complexity index is 176. The van der Waals surface area contributed by atoms with E-state index in [0.29, 0.717) is 13.0 Å². The Morgan fingerprint density at radius 2 is 2.33 bits per heavy atom. The molecule has 1 rings (SSSR count). The highest BCUT2D eigenvalue weighted by Gasteiger charge is 2.31. The lowest BCUT2D eigenvalue weighted by Gasteiger charge is -2.29. The number of carboxylic acid groups (broad SMARTS) is 1. The van der Waals surface area contributed by atoms with Crippen LogP contribution in [0.25, 0.3) is 0 Å². The first-order valence-electron chi connectivity index (χ1n) is 4.12. The first kappa shape index (κ1) is 9.26. The Hall–Kier alpha value is -0.830. The Balaban J connectivity index is 2.67. The van der Waals surface area contributed by atoms with Crippen LogP contribution in [0.1, 0.15) is 19.8 Å². The molecule has 0 amide bonds. The van der Waals surface area contributed by atoms with E-state index in [1.165, 1.54) is 0 Å². The largest absolute Gasteiger partial charge is 0.481 e. The van der Waals surface area contributed by atoms with Crippen molar-refractivity contribution in [3.05, 3.63) is 12.2 Å². The van der Waals surface area contributed by atoms with Gasteiger partial charge < -0.3 is 9.84 Å². The van der Waals surface area contributed by atoms with Gasteiger partial charge in [0.2, 0.25) is 0 Å². The van der Waals surface area contributed by atoms with E-state index in [9.17, 15) is 4.79 Å². The van der Waals surface area contributed by atoms with Gasteiger partial charge in [-0.3, -0.25) is 4.79 Å². The molecule has 1 saturated heterocycles. The van der Waals surface area contributed by atoms with Gasteiger partial charge in [-0.25, -0.2) is 0 Å². The molecule has 0 bridgehead atoms. The Morgan fingerprint density at radius 3 is 2.75 bits per heavy atom. The van der Waals surface area contributed by atoms with E-state index in [1.54, 1.807) is 0 Å². The number of carboxylic acids is 1. The third-order valence-electron chi connectivity index (χ3n) is 2.13. The highest BCUT2D eigenvalue weighted by Crippen LogP contribution is 2.25. The van der Waals surface area contributed by atoms with Crippen LogP contribution in [0.4, 0.5) is 0 Å². The minimum absolute atomic E-state index is 0.281. The second-order valence-corrected chi connectivity index (χ2v) is 3.22. The smallest absolute Gasteiger partial charge is 0.309 e. The lowest BCUT2D eigenvalue weighted by molar-refractivity contribution is -0.149. The summed E-state index contributed by atoms with van der Waals surface area (Å²) in [5, 5.41) is 8.84. The molecule has 1 aliphatic heterocycles. The molecule has 1 heterocycles. The fraction of sp³-hybridized carbons (Fsp3) is 0.667. The van der Waals surface area contributed by atoms with E-state index in [-0.39, 0.29) is 6.10 Å². The molecule has 2 atom stereocenters. The Morgan fingerprint density at radius 1 is 1.67 bits per heavy atom. The zero-order valence-electron chi connectivity index (χ0n) is 7.25. The number of hydrogen-bond acceptors (Lipinski definition) is 2. The number of rotatable bonds is 2. The van der Waals surface area contributed by atoms with E-state index in [1.807, 2.05) is 6.92 Å². The fourth-order valence-electron chi connectivity index (χ4n) is 1.52. The van der Waals surface area contributed by atoms with Crippen molar-refractivity contribution in [3.8, 4) is 0 Å². The van der Waals surface area contributed by atoms with Crippen molar-refractivity contribution in [1.29, 1.82) is 0 Å². The van der Waals surface area contributed by atoms with Crippen LogP contribution >= 0.6 is 0 Å². The molecule has 68 valence electrons. The monoisotopic (exact) mass is 170 g/mol. The maximum absolute atomic E-state index is 10.7. The second kappa shape index (κ2) is 3.72. The predicted molar refractivity (Wildman–Crippen MR) is 44.9 cm³/mol. The van der Waals surface area contributed by atoms with Gasteiger partial charge in [0.1, 0.15) is 0 Å². The molecule has 1 aliphatic rings. The summed E-state index contributed by atoms with van der Waals surface area (Å²) in [5.74, 6) is -1.17. The summed E-state index contributed by atoms with van der Waals surface area (Å²) in [7, 11) is 0. The van der Waals surface area contributed by atoms with Crippen LogP contribution in [0.3, 0.4) is 0 Å². The van der Waals surface area contributed by atoms with Crippen LogP contribution in [0.2, 0.25) is 0 Å². The molecule has 0 unspecified atom stereocenters. The van der Waals surface area contributed by atoms with Crippen molar-refractivity contribution in [1.82, 2.24) is 0 Å². The highest BCUT2D eigenvalue weighted by atomic mass is 16.5. The van der Waals surface area contributed by atoms with Crippen LogP contribution in [0.5, 0.6) is 0 Å². The van der Waals surface area contributed by atoms with Crippen LogP contribution in [-0.4, -0.2) is 23.8 Å². The van der Waals surface area contributed by atoms with Gasteiger partial charge >= 0.3 is 5.97 Å². The molecule has 0 aromatic rings. The zero-order chi connectivity index (χ0) is 9.14. The van der Waals surface area contributed by atoms with Crippen molar-refractivity contribution in [2.45, 2.75) is 25.9 Å². The van der Waals surface area contributed by atoms with Gasteiger partial charge in [0.05, 0.1) is 12.0 Å². The van der Waals surface area contributed by atoms with Gasteiger partial charge in [-0.1, -0.05) is 12.2 Å². The van der Waals surface area contributed by atoms with E-state index in [4.69, 9.17) is 9.84 Å². The number of aliphatic carboxylic acids is 1. The minimum Gasteiger partial charge on any atom is -0.481 e. The molecule has 0 aromatic heterocycles. The number of carbonyl (C=O) groups is 1. The van der Waals surface area contributed by atoms with Crippen molar-refractivity contribution >= 4 is 5.97 Å². The first-order chi connectivity index (χ1) is 5.63. The quantitative estimate of drug-likeness (QED) is 0.638. The average Bonchev–Trinajstić information content (AvgIpc) is 2.04. The van der Waals surface area contributed by atoms with Crippen molar-refractivity contribution < 1.29 is 14.6 Å². The maximum atomic E-state index is 10.7. The summed E-state index contributed by atoms with van der Waals surface area (Å²) in [6, 6.07) is 0. The second-order valence-electron chi connectivity index (χ2n) is 3.22.